The normalized spacial score (nSPS) is 11.4. The molecular formula is C32H32N2O4. The quantitative estimate of drug-likeness (QED) is 0.266. The van der Waals surface area contributed by atoms with Crippen LogP contribution in [0.15, 0.2) is 109 Å². The van der Waals surface area contributed by atoms with E-state index in [4.69, 9.17) is 15.2 Å². The molecule has 1 atom stereocenters. The van der Waals surface area contributed by atoms with Crippen molar-refractivity contribution in [2.45, 2.75) is 38.5 Å². The molecule has 0 aliphatic rings. The molecule has 6 heteroatoms. The van der Waals surface area contributed by atoms with Gasteiger partial charge in [0.25, 0.3) is 0 Å². The van der Waals surface area contributed by atoms with Crippen LogP contribution in [-0.4, -0.2) is 17.9 Å². The van der Waals surface area contributed by atoms with Crippen LogP contribution in [0.3, 0.4) is 0 Å². The van der Waals surface area contributed by atoms with Crippen LogP contribution in [0, 0.1) is 0 Å². The van der Waals surface area contributed by atoms with Gasteiger partial charge in [-0.15, -0.1) is 0 Å². The van der Waals surface area contributed by atoms with E-state index in [1.54, 1.807) is 0 Å². The summed E-state index contributed by atoms with van der Waals surface area (Å²) in [6.07, 6.45) is 1.10. The SMILES string of the molecule is NC(=O)[C@H](Cc1ccc(OCc2ccccc2)c(OCc2ccccc2)c1)NC(=O)CCc1ccccc1. The zero-order valence-electron chi connectivity index (χ0n) is 21.2. The highest BCUT2D eigenvalue weighted by Gasteiger charge is 2.20. The lowest BCUT2D eigenvalue weighted by molar-refractivity contribution is -0.127. The molecule has 0 spiro atoms. The van der Waals surface area contributed by atoms with Crippen LogP contribution in [0.5, 0.6) is 11.5 Å². The van der Waals surface area contributed by atoms with Crippen molar-refractivity contribution in [3.63, 3.8) is 0 Å². The van der Waals surface area contributed by atoms with Crippen molar-refractivity contribution in [2.75, 3.05) is 0 Å². The lowest BCUT2D eigenvalue weighted by Gasteiger charge is -2.18. The van der Waals surface area contributed by atoms with Crippen molar-refractivity contribution in [1.82, 2.24) is 5.32 Å². The molecule has 0 bridgehead atoms. The molecule has 4 rings (SSSR count). The Morgan fingerprint density at radius 2 is 1.18 bits per heavy atom. The fourth-order valence-corrected chi connectivity index (χ4v) is 4.01. The maximum atomic E-state index is 12.6. The average Bonchev–Trinajstić information content (AvgIpc) is 2.95. The molecule has 6 nitrogen and oxygen atoms in total. The van der Waals surface area contributed by atoms with Gasteiger partial charge in [-0.3, -0.25) is 9.59 Å². The van der Waals surface area contributed by atoms with Gasteiger partial charge in [-0.05, 0) is 40.8 Å². The number of aryl methyl sites for hydroxylation is 1. The summed E-state index contributed by atoms with van der Waals surface area (Å²) in [5, 5.41) is 2.79. The number of nitrogens with one attached hydrogen (secondary N) is 1. The number of nitrogens with two attached hydrogens (primary N) is 1. The third kappa shape index (κ3) is 8.23. The second kappa shape index (κ2) is 13.7. The zero-order valence-corrected chi connectivity index (χ0v) is 21.2. The van der Waals surface area contributed by atoms with Gasteiger partial charge in [0.05, 0.1) is 0 Å². The molecule has 194 valence electrons. The summed E-state index contributed by atoms with van der Waals surface area (Å²) in [7, 11) is 0. The first-order valence-electron chi connectivity index (χ1n) is 12.7. The summed E-state index contributed by atoms with van der Waals surface area (Å²) < 4.78 is 12.2. The highest BCUT2D eigenvalue weighted by Crippen LogP contribution is 2.30. The van der Waals surface area contributed by atoms with Crippen molar-refractivity contribution >= 4 is 11.8 Å². The van der Waals surface area contributed by atoms with Crippen molar-refractivity contribution in [2.24, 2.45) is 5.73 Å². The molecular weight excluding hydrogens is 476 g/mol. The smallest absolute Gasteiger partial charge is 0.240 e. The van der Waals surface area contributed by atoms with Crippen LogP contribution < -0.4 is 20.5 Å². The van der Waals surface area contributed by atoms with Crippen LogP contribution in [0.4, 0.5) is 0 Å². The van der Waals surface area contributed by atoms with Crippen LogP contribution in [0.1, 0.15) is 28.7 Å². The predicted octanol–water partition coefficient (Wildman–Crippen LogP) is 4.99. The van der Waals surface area contributed by atoms with Gasteiger partial charge in [-0.25, -0.2) is 0 Å². The first-order chi connectivity index (χ1) is 18.6. The van der Waals surface area contributed by atoms with Gasteiger partial charge in [-0.2, -0.15) is 0 Å². The maximum absolute atomic E-state index is 12.6. The molecule has 38 heavy (non-hydrogen) atoms. The standard InChI is InChI=1S/C32H32N2O4/c33-32(36)28(34-31(35)19-17-24-10-4-1-5-11-24)20-27-16-18-29(37-22-25-12-6-2-7-13-25)30(21-27)38-23-26-14-8-3-9-15-26/h1-16,18,21,28H,17,19-20,22-23H2,(H2,33,36)(H,34,35)/t28-/m0/s1. The largest absolute Gasteiger partial charge is 0.485 e. The molecule has 0 radical (unpaired) electrons. The molecule has 0 aromatic heterocycles. The molecule has 0 aliphatic carbocycles. The second-order valence-corrected chi connectivity index (χ2v) is 9.04. The monoisotopic (exact) mass is 508 g/mol. The maximum Gasteiger partial charge on any atom is 0.240 e. The Morgan fingerprint density at radius 1 is 0.658 bits per heavy atom. The van der Waals surface area contributed by atoms with Crippen molar-refractivity contribution in [3.8, 4) is 11.5 Å². The molecule has 0 aliphatic heterocycles. The van der Waals surface area contributed by atoms with Gasteiger partial charge in [-0.1, -0.05) is 97.1 Å². The van der Waals surface area contributed by atoms with Gasteiger partial charge >= 0.3 is 0 Å². The molecule has 0 saturated heterocycles. The lowest BCUT2D eigenvalue weighted by atomic mass is 10.0. The number of benzene rings is 4. The Morgan fingerprint density at radius 3 is 1.74 bits per heavy atom. The van der Waals surface area contributed by atoms with Crippen LogP contribution in [0.25, 0.3) is 0 Å². The van der Waals surface area contributed by atoms with Gasteiger partial charge in [0.1, 0.15) is 19.3 Å². The van der Waals surface area contributed by atoms with Crippen LogP contribution in [-0.2, 0) is 35.6 Å². The number of hydrogen-bond donors (Lipinski definition) is 2. The van der Waals surface area contributed by atoms with E-state index in [1.807, 2.05) is 109 Å². The Labute approximate surface area is 223 Å². The number of carbonyl (C=O) groups is 2. The Kier molecular flexibility index (Phi) is 9.51. The summed E-state index contributed by atoms with van der Waals surface area (Å²) in [6.45, 7) is 0.755. The molecule has 4 aromatic rings. The van der Waals surface area contributed by atoms with Gasteiger partial charge in [0.2, 0.25) is 11.8 Å². The number of rotatable bonds is 13. The highest BCUT2D eigenvalue weighted by atomic mass is 16.5. The Bertz CT molecular complexity index is 1310. The molecule has 0 fully saturated rings. The van der Waals surface area contributed by atoms with Gasteiger partial charge in [0, 0.05) is 12.8 Å². The van der Waals surface area contributed by atoms with E-state index in [2.05, 4.69) is 5.32 Å². The Hall–Kier alpha value is -4.58. The van der Waals surface area contributed by atoms with Crippen molar-refractivity contribution < 1.29 is 19.1 Å². The molecule has 4 aromatic carbocycles. The molecule has 0 unspecified atom stereocenters. The number of primary amides is 1. The van der Waals surface area contributed by atoms with Gasteiger partial charge in [0.15, 0.2) is 11.5 Å². The zero-order chi connectivity index (χ0) is 26.6. The number of hydrogen-bond acceptors (Lipinski definition) is 4. The molecule has 3 N–H and O–H groups in total. The second-order valence-electron chi connectivity index (χ2n) is 9.04. The summed E-state index contributed by atoms with van der Waals surface area (Å²) in [6, 6.07) is 34.2. The number of ether oxygens (including phenoxy) is 2. The lowest BCUT2D eigenvalue weighted by Crippen LogP contribution is -2.45. The first-order valence-corrected chi connectivity index (χ1v) is 12.7. The minimum atomic E-state index is -0.837. The predicted molar refractivity (Wildman–Crippen MR) is 148 cm³/mol. The minimum Gasteiger partial charge on any atom is -0.485 e. The van der Waals surface area contributed by atoms with Crippen LogP contribution >= 0.6 is 0 Å². The Balaban J connectivity index is 1.44. The van der Waals surface area contributed by atoms with Gasteiger partial charge < -0.3 is 20.5 Å². The third-order valence-corrected chi connectivity index (χ3v) is 6.08. The average molecular weight is 509 g/mol. The van der Waals surface area contributed by atoms with E-state index in [0.29, 0.717) is 31.1 Å². The summed E-state index contributed by atoms with van der Waals surface area (Å²) in [4.78, 5) is 24.7. The summed E-state index contributed by atoms with van der Waals surface area (Å²) in [5.41, 5.74) is 9.56. The third-order valence-electron chi connectivity index (χ3n) is 6.08. The fraction of sp³-hybridized carbons (Fsp3) is 0.188. The fourth-order valence-electron chi connectivity index (χ4n) is 4.01. The number of carbonyl (C=O) groups excluding carboxylic acids is 2. The van der Waals surface area contributed by atoms with E-state index in [0.717, 1.165) is 22.3 Å². The molecule has 0 saturated carbocycles. The van der Waals surface area contributed by atoms with Crippen molar-refractivity contribution in [1.29, 1.82) is 0 Å². The summed E-state index contributed by atoms with van der Waals surface area (Å²) >= 11 is 0. The minimum absolute atomic E-state index is 0.221. The highest BCUT2D eigenvalue weighted by molar-refractivity contribution is 5.86. The van der Waals surface area contributed by atoms with E-state index in [1.165, 1.54) is 0 Å². The molecule has 0 heterocycles. The molecule has 2 amide bonds. The van der Waals surface area contributed by atoms with E-state index >= 15 is 0 Å². The van der Waals surface area contributed by atoms with E-state index < -0.39 is 11.9 Å². The van der Waals surface area contributed by atoms with E-state index in [-0.39, 0.29) is 18.7 Å². The first kappa shape index (κ1) is 26.5. The summed E-state index contributed by atoms with van der Waals surface area (Å²) in [5.74, 6) is 0.340. The van der Waals surface area contributed by atoms with E-state index in [9.17, 15) is 9.59 Å². The van der Waals surface area contributed by atoms with Crippen LogP contribution in [0.2, 0.25) is 0 Å². The topological polar surface area (TPSA) is 90.7 Å². The number of amides is 2. The van der Waals surface area contributed by atoms with Crippen molar-refractivity contribution in [3.05, 3.63) is 131 Å².